The number of hydrogen-bond donors (Lipinski definition) is 1. The monoisotopic (exact) mass is 430 g/mol. The van der Waals surface area contributed by atoms with Crippen molar-refractivity contribution >= 4 is 22.4 Å². The second kappa shape index (κ2) is 6.84. The first-order chi connectivity index (χ1) is 14.4. The molecular formula is C20H13F3N4O2S. The van der Waals surface area contributed by atoms with Crippen molar-refractivity contribution in [1.29, 1.82) is 0 Å². The molecule has 0 aliphatic heterocycles. The van der Waals surface area contributed by atoms with Crippen LogP contribution in [0.2, 0.25) is 0 Å². The van der Waals surface area contributed by atoms with E-state index in [1.807, 2.05) is 0 Å². The van der Waals surface area contributed by atoms with Crippen molar-refractivity contribution in [3.63, 3.8) is 0 Å². The van der Waals surface area contributed by atoms with E-state index >= 15 is 0 Å². The Hall–Kier alpha value is -3.40. The fourth-order valence-corrected chi connectivity index (χ4v) is 4.09. The molecule has 1 amide bonds. The van der Waals surface area contributed by atoms with Gasteiger partial charge in [-0.1, -0.05) is 0 Å². The van der Waals surface area contributed by atoms with Crippen LogP contribution in [0.1, 0.15) is 27.4 Å². The maximum Gasteiger partial charge on any atom is 0.435 e. The molecule has 1 N–H and O–H groups in total. The molecule has 10 heteroatoms. The Bertz CT molecular complexity index is 1220. The SMILES string of the molecule is O=C(Nc1nccs1)c1ccc(-n2nc(C(F)(F)F)c3c2-c2ccoc2CC3)cc1. The van der Waals surface area contributed by atoms with Crippen molar-refractivity contribution in [2.75, 3.05) is 5.32 Å². The molecule has 0 atom stereocenters. The summed E-state index contributed by atoms with van der Waals surface area (Å²) >= 11 is 1.29. The van der Waals surface area contributed by atoms with Crippen LogP contribution < -0.4 is 5.32 Å². The van der Waals surface area contributed by atoms with Gasteiger partial charge in [0.05, 0.1) is 17.6 Å². The fourth-order valence-electron chi connectivity index (χ4n) is 3.57. The van der Waals surface area contributed by atoms with E-state index in [2.05, 4.69) is 15.4 Å². The highest BCUT2D eigenvalue weighted by Crippen LogP contribution is 2.42. The largest absolute Gasteiger partial charge is 0.469 e. The molecule has 152 valence electrons. The predicted molar refractivity (Wildman–Crippen MR) is 104 cm³/mol. The molecule has 0 radical (unpaired) electrons. The molecule has 0 unspecified atom stereocenters. The molecule has 5 rings (SSSR count). The van der Waals surface area contributed by atoms with E-state index in [9.17, 15) is 18.0 Å². The maximum atomic E-state index is 13.6. The van der Waals surface area contributed by atoms with Gasteiger partial charge in [-0.2, -0.15) is 18.3 Å². The summed E-state index contributed by atoms with van der Waals surface area (Å²) in [6.07, 6.45) is -0.938. The van der Waals surface area contributed by atoms with Gasteiger partial charge in [0.1, 0.15) is 5.76 Å². The normalized spacial score (nSPS) is 13.0. The van der Waals surface area contributed by atoms with Gasteiger partial charge in [-0.3, -0.25) is 10.1 Å². The molecule has 0 spiro atoms. The third-order valence-electron chi connectivity index (χ3n) is 4.88. The van der Waals surface area contributed by atoms with Gasteiger partial charge in [-0.25, -0.2) is 9.67 Å². The van der Waals surface area contributed by atoms with Crippen molar-refractivity contribution in [3.8, 4) is 16.9 Å². The van der Waals surface area contributed by atoms with Crippen molar-refractivity contribution in [2.24, 2.45) is 0 Å². The zero-order chi connectivity index (χ0) is 20.9. The van der Waals surface area contributed by atoms with Crippen LogP contribution in [0.3, 0.4) is 0 Å². The van der Waals surface area contributed by atoms with Gasteiger partial charge in [0, 0.05) is 34.7 Å². The van der Waals surface area contributed by atoms with Crippen LogP contribution in [0.4, 0.5) is 18.3 Å². The molecule has 0 fully saturated rings. The van der Waals surface area contributed by atoms with Crippen molar-refractivity contribution in [3.05, 3.63) is 70.8 Å². The second-order valence-electron chi connectivity index (χ2n) is 6.68. The highest BCUT2D eigenvalue weighted by Gasteiger charge is 2.41. The van der Waals surface area contributed by atoms with Crippen LogP contribution in [0, 0.1) is 0 Å². The van der Waals surface area contributed by atoms with Gasteiger partial charge in [0.2, 0.25) is 0 Å². The van der Waals surface area contributed by atoms with Gasteiger partial charge < -0.3 is 4.42 Å². The molecule has 30 heavy (non-hydrogen) atoms. The summed E-state index contributed by atoms with van der Waals surface area (Å²) in [6.45, 7) is 0. The first-order valence-corrected chi connectivity index (χ1v) is 9.87. The van der Waals surface area contributed by atoms with E-state index in [1.54, 1.807) is 41.9 Å². The Kier molecular flexibility index (Phi) is 4.24. The number of amides is 1. The van der Waals surface area contributed by atoms with Crippen molar-refractivity contribution < 1.29 is 22.4 Å². The number of thiazole rings is 1. The number of halogens is 3. The van der Waals surface area contributed by atoms with E-state index < -0.39 is 11.9 Å². The van der Waals surface area contributed by atoms with Crippen LogP contribution in [-0.4, -0.2) is 20.7 Å². The summed E-state index contributed by atoms with van der Waals surface area (Å²) in [5.74, 6) is 0.281. The van der Waals surface area contributed by atoms with Crippen LogP contribution in [-0.2, 0) is 19.0 Å². The summed E-state index contributed by atoms with van der Waals surface area (Å²) in [5.41, 5.74) is 1.01. The van der Waals surface area contributed by atoms with Crippen molar-refractivity contribution in [1.82, 2.24) is 14.8 Å². The molecule has 1 aliphatic rings. The lowest BCUT2D eigenvalue weighted by Gasteiger charge is -2.15. The van der Waals surface area contributed by atoms with Crippen molar-refractivity contribution in [2.45, 2.75) is 19.0 Å². The Morgan fingerprint density at radius 1 is 1.17 bits per heavy atom. The summed E-state index contributed by atoms with van der Waals surface area (Å²) in [5, 5.41) is 8.76. The van der Waals surface area contributed by atoms with E-state index in [0.717, 1.165) is 0 Å². The second-order valence-corrected chi connectivity index (χ2v) is 7.58. The standard InChI is InChI=1S/C20H13F3N4O2S/c21-20(22,23)17-14-5-6-15-13(7-9-29-15)16(14)27(26-17)12-3-1-11(2-4-12)18(28)25-19-24-8-10-30-19/h1-4,7-10H,5-6H2,(H,24,25,28). The smallest absolute Gasteiger partial charge is 0.435 e. The molecule has 0 saturated carbocycles. The Balaban J connectivity index is 1.55. The maximum absolute atomic E-state index is 13.6. The summed E-state index contributed by atoms with van der Waals surface area (Å²) < 4.78 is 47.5. The van der Waals surface area contributed by atoms with E-state index in [1.165, 1.54) is 22.3 Å². The summed E-state index contributed by atoms with van der Waals surface area (Å²) in [4.78, 5) is 16.3. The van der Waals surface area contributed by atoms with Crippen LogP contribution >= 0.6 is 11.3 Å². The molecule has 1 aliphatic carbocycles. The molecule has 3 aromatic heterocycles. The number of hydrogen-bond acceptors (Lipinski definition) is 5. The lowest BCUT2D eigenvalue weighted by atomic mass is 9.94. The molecule has 3 heterocycles. The summed E-state index contributed by atoms with van der Waals surface area (Å²) in [6, 6.07) is 7.87. The lowest BCUT2D eigenvalue weighted by molar-refractivity contribution is -0.142. The number of carbonyl (C=O) groups excluding carboxylic acids is 1. The molecule has 4 aromatic rings. The van der Waals surface area contributed by atoms with Gasteiger partial charge in [-0.15, -0.1) is 11.3 Å². The number of rotatable bonds is 3. The zero-order valence-electron chi connectivity index (χ0n) is 15.2. The highest BCUT2D eigenvalue weighted by molar-refractivity contribution is 7.13. The Morgan fingerprint density at radius 3 is 2.67 bits per heavy atom. The number of fused-ring (bicyclic) bond motifs is 3. The highest BCUT2D eigenvalue weighted by atomic mass is 32.1. The minimum absolute atomic E-state index is 0.155. The number of alkyl halides is 3. The topological polar surface area (TPSA) is 73.0 Å². The molecular weight excluding hydrogens is 417 g/mol. The molecule has 0 bridgehead atoms. The minimum atomic E-state index is -4.57. The zero-order valence-corrected chi connectivity index (χ0v) is 16.0. The van der Waals surface area contributed by atoms with Crippen LogP contribution in [0.15, 0.2) is 52.6 Å². The average molecular weight is 430 g/mol. The Morgan fingerprint density at radius 2 is 1.97 bits per heavy atom. The quantitative estimate of drug-likeness (QED) is 0.499. The van der Waals surface area contributed by atoms with E-state index in [0.29, 0.717) is 39.8 Å². The first kappa shape index (κ1) is 18.6. The number of nitrogens with one attached hydrogen (secondary N) is 1. The number of nitrogens with zero attached hydrogens (tertiary/aromatic N) is 3. The van der Waals surface area contributed by atoms with Gasteiger partial charge >= 0.3 is 6.18 Å². The third kappa shape index (κ3) is 3.09. The molecule has 6 nitrogen and oxygen atoms in total. The van der Waals surface area contributed by atoms with Crippen LogP contribution in [0.25, 0.3) is 16.9 Å². The van der Waals surface area contributed by atoms with Gasteiger partial charge in [0.15, 0.2) is 10.8 Å². The molecule has 0 saturated heterocycles. The average Bonchev–Trinajstić information content (AvgIpc) is 3.46. The molecule has 1 aromatic carbocycles. The fraction of sp³-hybridized carbons (Fsp3) is 0.150. The number of aromatic nitrogens is 3. The lowest BCUT2D eigenvalue weighted by Crippen LogP contribution is -2.12. The van der Waals surface area contributed by atoms with Crippen LogP contribution in [0.5, 0.6) is 0 Å². The summed E-state index contributed by atoms with van der Waals surface area (Å²) in [7, 11) is 0. The van der Waals surface area contributed by atoms with Gasteiger partial charge in [-0.05, 0) is 36.8 Å². The van der Waals surface area contributed by atoms with E-state index in [-0.39, 0.29) is 17.9 Å². The predicted octanol–water partition coefficient (Wildman–Crippen LogP) is 4.96. The number of furan rings is 1. The minimum Gasteiger partial charge on any atom is -0.469 e. The first-order valence-electron chi connectivity index (χ1n) is 8.99. The number of carbonyl (C=O) groups is 1. The van der Waals surface area contributed by atoms with Gasteiger partial charge in [0.25, 0.3) is 5.91 Å². The number of aryl methyl sites for hydroxylation is 1. The number of anilines is 1. The Labute approximate surface area is 172 Å². The number of benzene rings is 1. The van der Waals surface area contributed by atoms with E-state index in [4.69, 9.17) is 4.42 Å². The third-order valence-corrected chi connectivity index (χ3v) is 5.57.